The van der Waals surface area contributed by atoms with Gasteiger partial charge in [0.2, 0.25) is 5.91 Å². The van der Waals surface area contributed by atoms with Crippen molar-refractivity contribution in [2.24, 2.45) is 11.3 Å². The molecule has 0 saturated heterocycles. The summed E-state index contributed by atoms with van der Waals surface area (Å²) in [6.45, 7) is 0.517. The second-order valence-corrected chi connectivity index (χ2v) is 9.53. The van der Waals surface area contributed by atoms with Crippen LogP contribution >= 0.6 is 0 Å². The van der Waals surface area contributed by atoms with E-state index in [0.717, 1.165) is 5.56 Å². The SMILES string of the molecule is CNC(=O)[C@@]12C[C@@H]1C(n1cnc3c(NCc4ccccc4)nc(-c4cncc(OC)c4)nc31)[C@H](O)[C@@H]2O. The number of carbonyl (C=O) groups excluding carboxylic acids is 1. The van der Waals surface area contributed by atoms with Gasteiger partial charge in [0.15, 0.2) is 17.3 Å². The van der Waals surface area contributed by atoms with E-state index in [2.05, 4.69) is 20.6 Å². The summed E-state index contributed by atoms with van der Waals surface area (Å²) >= 11 is 0. The number of nitrogens with one attached hydrogen (secondary N) is 2. The second-order valence-electron chi connectivity index (χ2n) is 9.53. The van der Waals surface area contributed by atoms with Crippen LogP contribution in [-0.2, 0) is 11.3 Å². The Bertz CT molecular complexity index is 1480. The maximum absolute atomic E-state index is 12.6. The Hall–Kier alpha value is -4.09. The fourth-order valence-electron chi connectivity index (χ4n) is 5.61. The van der Waals surface area contributed by atoms with Crippen molar-refractivity contribution in [3.05, 3.63) is 60.7 Å². The van der Waals surface area contributed by atoms with E-state index in [1.807, 2.05) is 30.3 Å². The van der Waals surface area contributed by atoms with Crippen molar-refractivity contribution in [3.8, 4) is 17.1 Å². The summed E-state index contributed by atoms with van der Waals surface area (Å²) < 4.78 is 7.09. The molecule has 3 aromatic heterocycles. The molecule has 4 aromatic rings. The third-order valence-corrected chi connectivity index (χ3v) is 7.57. The maximum atomic E-state index is 12.6. The van der Waals surface area contributed by atoms with Gasteiger partial charge in [0.1, 0.15) is 17.4 Å². The minimum Gasteiger partial charge on any atom is -0.495 e. The summed E-state index contributed by atoms with van der Waals surface area (Å²) in [7, 11) is 3.10. The lowest BCUT2D eigenvalue weighted by Crippen LogP contribution is -2.41. The third kappa shape index (κ3) is 3.61. The van der Waals surface area contributed by atoms with Gasteiger partial charge in [-0.05, 0) is 18.1 Å². The lowest BCUT2D eigenvalue weighted by Gasteiger charge is -2.23. The second kappa shape index (κ2) is 8.79. The van der Waals surface area contributed by atoms with E-state index in [9.17, 15) is 15.0 Å². The van der Waals surface area contributed by atoms with Crippen LogP contribution < -0.4 is 15.4 Å². The molecule has 11 heteroatoms. The van der Waals surface area contributed by atoms with Crippen molar-refractivity contribution < 1.29 is 19.7 Å². The molecule has 1 aromatic carbocycles. The number of nitrogens with zero attached hydrogens (tertiary/aromatic N) is 5. The van der Waals surface area contributed by atoms with E-state index < -0.39 is 23.7 Å². The van der Waals surface area contributed by atoms with Crippen molar-refractivity contribution >= 4 is 22.9 Å². The maximum Gasteiger partial charge on any atom is 0.229 e. The molecule has 190 valence electrons. The van der Waals surface area contributed by atoms with Crippen LogP contribution in [0, 0.1) is 11.3 Å². The van der Waals surface area contributed by atoms with Crippen molar-refractivity contribution in [3.63, 3.8) is 0 Å². The largest absolute Gasteiger partial charge is 0.495 e. The van der Waals surface area contributed by atoms with Crippen LogP contribution in [0.4, 0.5) is 5.82 Å². The highest BCUT2D eigenvalue weighted by Gasteiger charge is 2.75. The summed E-state index contributed by atoms with van der Waals surface area (Å²) in [5.41, 5.74) is 1.72. The molecule has 0 spiro atoms. The van der Waals surface area contributed by atoms with Crippen LogP contribution in [-0.4, -0.2) is 67.0 Å². The summed E-state index contributed by atoms with van der Waals surface area (Å²) in [6, 6.07) is 11.1. The van der Waals surface area contributed by atoms with Crippen LogP contribution in [0.2, 0.25) is 0 Å². The molecule has 1 amide bonds. The van der Waals surface area contributed by atoms with E-state index >= 15 is 0 Å². The van der Waals surface area contributed by atoms with Gasteiger partial charge in [0.25, 0.3) is 0 Å². The molecule has 2 aliphatic rings. The van der Waals surface area contributed by atoms with E-state index in [4.69, 9.17) is 14.7 Å². The molecule has 6 rings (SSSR count). The first kappa shape index (κ1) is 23.3. The Morgan fingerprint density at radius 3 is 2.78 bits per heavy atom. The number of ether oxygens (including phenoxy) is 1. The van der Waals surface area contributed by atoms with Gasteiger partial charge in [-0.3, -0.25) is 9.78 Å². The molecular formula is C26H27N7O4. The lowest BCUT2D eigenvalue weighted by molar-refractivity contribution is -0.132. The quantitative estimate of drug-likeness (QED) is 0.296. The number of aliphatic hydroxyl groups is 2. The fraction of sp³-hybridized carbons (Fsp3) is 0.346. The Balaban J connectivity index is 1.45. The van der Waals surface area contributed by atoms with Gasteiger partial charge < -0.3 is 30.2 Å². The molecule has 0 bridgehead atoms. The topological polar surface area (TPSA) is 147 Å². The predicted octanol–water partition coefficient (Wildman–Crippen LogP) is 1.54. The number of amides is 1. The highest BCUT2D eigenvalue weighted by atomic mass is 16.5. The number of anilines is 1. The summed E-state index contributed by atoms with van der Waals surface area (Å²) in [6.07, 6.45) is 3.00. The molecule has 5 atom stereocenters. The number of benzene rings is 1. The van der Waals surface area contributed by atoms with E-state index in [1.165, 1.54) is 7.05 Å². The number of methoxy groups -OCH3 is 1. The van der Waals surface area contributed by atoms with E-state index in [0.29, 0.717) is 47.1 Å². The van der Waals surface area contributed by atoms with Crippen LogP contribution in [0.5, 0.6) is 5.75 Å². The molecule has 0 aliphatic heterocycles. The molecule has 2 saturated carbocycles. The minimum absolute atomic E-state index is 0.243. The average Bonchev–Trinajstić information content (AvgIpc) is 3.48. The molecule has 4 N–H and O–H groups in total. The minimum atomic E-state index is -1.18. The standard InChI is InChI=1S/C26H27N7O4/c1-27-25(36)26-9-17(26)19(20(34)21(26)35)33-13-30-18-23(29-10-14-6-4-3-5-7-14)31-22(32-24(18)33)15-8-16(37-2)12-28-11-15/h3-8,11-13,17,19-21,34-35H,9-10H2,1-2H3,(H,27,36)(H,29,31,32)/t17-,19?,20+,21+,26+/m1/s1. The van der Waals surface area contributed by atoms with Gasteiger partial charge >= 0.3 is 0 Å². The zero-order valence-electron chi connectivity index (χ0n) is 20.4. The van der Waals surface area contributed by atoms with Gasteiger partial charge in [-0.15, -0.1) is 0 Å². The van der Waals surface area contributed by atoms with E-state index in [1.54, 1.807) is 36.5 Å². The Labute approximate surface area is 212 Å². The molecule has 2 aliphatic carbocycles. The van der Waals surface area contributed by atoms with Crippen LogP contribution in [0.15, 0.2) is 55.1 Å². The van der Waals surface area contributed by atoms with Crippen molar-refractivity contribution in [2.45, 2.75) is 31.2 Å². The first-order valence-electron chi connectivity index (χ1n) is 12.1. The lowest BCUT2D eigenvalue weighted by atomic mass is 9.98. The highest BCUT2D eigenvalue weighted by Crippen LogP contribution is 2.67. The summed E-state index contributed by atoms with van der Waals surface area (Å²) in [5.74, 6) is 0.979. The zero-order valence-corrected chi connectivity index (χ0v) is 20.4. The number of rotatable bonds is 7. The van der Waals surface area contributed by atoms with Gasteiger partial charge in [-0.1, -0.05) is 30.3 Å². The summed E-state index contributed by atoms with van der Waals surface area (Å²) in [4.78, 5) is 31.0. The molecular weight excluding hydrogens is 474 g/mol. The highest BCUT2D eigenvalue weighted by molar-refractivity contribution is 5.88. The van der Waals surface area contributed by atoms with Gasteiger partial charge in [0, 0.05) is 31.3 Å². The Kier molecular flexibility index (Phi) is 5.54. The van der Waals surface area contributed by atoms with E-state index in [-0.39, 0.29) is 11.8 Å². The Morgan fingerprint density at radius 2 is 2.03 bits per heavy atom. The van der Waals surface area contributed by atoms with Crippen molar-refractivity contribution in [1.82, 2.24) is 29.8 Å². The normalized spacial score (nSPS) is 26.1. The smallest absolute Gasteiger partial charge is 0.229 e. The van der Waals surface area contributed by atoms with Gasteiger partial charge in [-0.25, -0.2) is 15.0 Å². The number of pyridine rings is 1. The molecule has 2 fully saturated rings. The van der Waals surface area contributed by atoms with Gasteiger partial charge in [-0.2, -0.15) is 0 Å². The molecule has 11 nitrogen and oxygen atoms in total. The number of aromatic nitrogens is 5. The number of imidazole rings is 1. The Morgan fingerprint density at radius 1 is 1.22 bits per heavy atom. The van der Waals surface area contributed by atoms with Crippen LogP contribution in [0.25, 0.3) is 22.6 Å². The van der Waals surface area contributed by atoms with Crippen molar-refractivity contribution in [2.75, 3.05) is 19.5 Å². The zero-order chi connectivity index (χ0) is 25.7. The molecule has 0 radical (unpaired) electrons. The molecule has 37 heavy (non-hydrogen) atoms. The van der Waals surface area contributed by atoms with Crippen molar-refractivity contribution in [1.29, 1.82) is 0 Å². The first-order chi connectivity index (χ1) is 18.0. The monoisotopic (exact) mass is 501 g/mol. The van der Waals surface area contributed by atoms with Gasteiger partial charge in [0.05, 0.1) is 37.2 Å². The summed E-state index contributed by atoms with van der Waals surface area (Å²) in [5, 5.41) is 27.9. The first-order valence-corrected chi connectivity index (χ1v) is 12.1. The number of carbonyl (C=O) groups is 1. The average molecular weight is 502 g/mol. The fourth-order valence-corrected chi connectivity index (χ4v) is 5.61. The van der Waals surface area contributed by atoms with Crippen LogP contribution in [0.3, 0.4) is 0 Å². The number of hydrogen-bond acceptors (Lipinski definition) is 9. The predicted molar refractivity (Wildman–Crippen MR) is 135 cm³/mol. The number of hydrogen-bond donors (Lipinski definition) is 4. The number of aliphatic hydroxyl groups excluding tert-OH is 2. The third-order valence-electron chi connectivity index (χ3n) is 7.57. The molecule has 3 heterocycles. The molecule has 1 unspecified atom stereocenters. The number of fused-ring (bicyclic) bond motifs is 2. The van der Waals surface area contributed by atoms with Crippen LogP contribution in [0.1, 0.15) is 18.0 Å².